The van der Waals surface area contributed by atoms with Gasteiger partial charge in [-0.25, -0.2) is 0 Å². The molecule has 1 aromatic rings. The van der Waals surface area contributed by atoms with Gasteiger partial charge in [-0.15, -0.1) is 17.0 Å². The van der Waals surface area contributed by atoms with Crippen molar-refractivity contribution in [2.45, 2.75) is 38.8 Å². The van der Waals surface area contributed by atoms with Gasteiger partial charge in [-0.3, -0.25) is 0 Å². The monoisotopic (exact) mass is 287 g/mol. The van der Waals surface area contributed by atoms with Crippen molar-refractivity contribution >= 4 is 17.0 Å². The van der Waals surface area contributed by atoms with Crippen molar-refractivity contribution in [1.29, 1.82) is 0 Å². The van der Waals surface area contributed by atoms with Gasteiger partial charge in [0.25, 0.3) is 0 Å². The van der Waals surface area contributed by atoms with Crippen molar-refractivity contribution in [1.82, 2.24) is 5.32 Å². The van der Waals surface area contributed by atoms with Crippen LogP contribution in [-0.2, 0) is 12.8 Å². The molecule has 0 aromatic heterocycles. The molecule has 0 fully saturated rings. The zero-order valence-electron chi connectivity index (χ0n) is 9.53. The third kappa shape index (κ3) is 2.68. The molecule has 0 bridgehead atoms. The van der Waals surface area contributed by atoms with Crippen molar-refractivity contribution < 1.29 is 10.2 Å². The second kappa shape index (κ2) is 5.06. The summed E-state index contributed by atoms with van der Waals surface area (Å²) in [6.45, 7) is 4.25. The van der Waals surface area contributed by atoms with Gasteiger partial charge in [0.2, 0.25) is 0 Å². The molecule has 1 aliphatic carbocycles. The minimum Gasteiger partial charge on any atom is -0.504 e. The predicted molar refractivity (Wildman–Crippen MR) is 69.6 cm³/mol. The molecular weight excluding hydrogens is 270 g/mol. The van der Waals surface area contributed by atoms with Crippen LogP contribution in [0.4, 0.5) is 0 Å². The van der Waals surface area contributed by atoms with Gasteiger partial charge in [-0.05, 0) is 36.1 Å². The summed E-state index contributed by atoms with van der Waals surface area (Å²) in [6, 6.07) is 4.24. The van der Waals surface area contributed by atoms with Gasteiger partial charge < -0.3 is 15.5 Å². The van der Waals surface area contributed by atoms with Crippen LogP contribution in [0, 0.1) is 0 Å². The summed E-state index contributed by atoms with van der Waals surface area (Å²) in [7, 11) is 0. The third-order valence-electron chi connectivity index (χ3n) is 2.80. The number of nitrogens with one attached hydrogen (secondary N) is 1. The van der Waals surface area contributed by atoms with E-state index in [9.17, 15) is 10.2 Å². The summed E-state index contributed by atoms with van der Waals surface area (Å²) in [5.74, 6) is -0.0297. The van der Waals surface area contributed by atoms with Crippen LogP contribution in [0.3, 0.4) is 0 Å². The molecule has 1 aromatic carbocycles. The van der Waals surface area contributed by atoms with Gasteiger partial charge in [-0.1, -0.05) is 13.8 Å². The first-order valence-corrected chi connectivity index (χ1v) is 5.36. The van der Waals surface area contributed by atoms with Crippen LogP contribution < -0.4 is 5.32 Å². The number of hydrogen-bond donors (Lipinski definition) is 3. The Labute approximate surface area is 106 Å². The lowest BCUT2D eigenvalue weighted by Crippen LogP contribution is -2.35. The zero-order valence-corrected chi connectivity index (χ0v) is 11.2. The Balaban J connectivity index is 0.00000128. The molecule has 90 valence electrons. The highest BCUT2D eigenvalue weighted by molar-refractivity contribution is 8.93. The summed E-state index contributed by atoms with van der Waals surface area (Å²) >= 11 is 0. The van der Waals surface area contributed by atoms with E-state index < -0.39 is 0 Å². The largest absolute Gasteiger partial charge is 0.504 e. The second-order valence-corrected chi connectivity index (χ2v) is 4.54. The molecule has 0 saturated heterocycles. The molecule has 1 aliphatic rings. The van der Waals surface area contributed by atoms with Crippen molar-refractivity contribution in [2.75, 3.05) is 0 Å². The van der Waals surface area contributed by atoms with E-state index in [1.807, 2.05) is 0 Å². The SMILES string of the molecule is Br.CC(C)NC1Cc2cc(O)c(O)cc2C1. The molecule has 3 N–H and O–H groups in total. The molecular formula is C12H18BrNO2. The summed E-state index contributed by atoms with van der Waals surface area (Å²) < 4.78 is 0. The van der Waals surface area contributed by atoms with Crippen molar-refractivity contribution in [3.05, 3.63) is 23.3 Å². The molecule has 16 heavy (non-hydrogen) atoms. The molecule has 0 heterocycles. The van der Waals surface area contributed by atoms with Crippen molar-refractivity contribution in [2.24, 2.45) is 0 Å². The highest BCUT2D eigenvalue weighted by atomic mass is 79.9. The van der Waals surface area contributed by atoms with Crippen LogP contribution in [0.5, 0.6) is 11.5 Å². The maximum atomic E-state index is 9.38. The maximum absolute atomic E-state index is 9.38. The standard InChI is InChI=1S/C12H17NO2.BrH/c1-7(2)13-10-3-8-5-11(14)12(15)6-9(8)4-10;/h5-7,10,13-15H,3-4H2,1-2H3;1H. The van der Waals surface area contributed by atoms with Gasteiger partial charge in [0.05, 0.1) is 0 Å². The lowest BCUT2D eigenvalue weighted by Gasteiger charge is -2.14. The second-order valence-electron chi connectivity index (χ2n) is 4.54. The van der Waals surface area contributed by atoms with Crippen molar-refractivity contribution in [3.8, 4) is 11.5 Å². The smallest absolute Gasteiger partial charge is 0.157 e. The molecule has 0 amide bonds. The first-order valence-electron chi connectivity index (χ1n) is 5.36. The Morgan fingerprint density at radius 3 is 1.94 bits per heavy atom. The summed E-state index contributed by atoms with van der Waals surface area (Å²) in [6.07, 6.45) is 1.86. The molecule has 0 aliphatic heterocycles. The normalized spacial score (nSPS) is 14.9. The highest BCUT2D eigenvalue weighted by Gasteiger charge is 2.23. The molecule has 3 nitrogen and oxygen atoms in total. The van der Waals surface area contributed by atoms with Crippen LogP contribution in [0.1, 0.15) is 25.0 Å². The fraction of sp³-hybridized carbons (Fsp3) is 0.500. The number of hydrogen-bond acceptors (Lipinski definition) is 3. The lowest BCUT2D eigenvalue weighted by molar-refractivity contribution is 0.403. The van der Waals surface area contributed by atoms with Crippen molar-refractivity contribution in [3.63, 3.8) is 0 Å². The van der Waals surface area contributed by atoms with E-state index in [4.69, 9.17) is 0 Å². The summed E-state index contributed by atoms with van der Waals surface area (Å²) in [5, 5.41) is 22.2. The summed E-state index contributed by atoms with van der Waals surface area (Å²) in [5.41, 5.74) is 2.28. The number of rotatable bonds is 2. The zero-order chi connectivity index (χ0) is 11.0. The van der Waals surface area contributed by atoms with Crippen LogP contribution in [0.2, 0.25) is 0 Å². The molecule has 2 rings (SSSR count). The van der Waals surface area contributed by atoms with E-state index >= 15 is 0 Å². The number of phenols is 2. The fourth-order valence-corrected chi connectivity index (χ4v) is 2.24. The van der Waals surface area contributed by atoms with E-state index in [1.54, 1.807) is 12.1 Å². The summed E-state index contributed by atoms with van der Waals surface area (Å²) in [4.78, 5) is 0. The van der Waals surface area contributed by atoms with Gasteiger partial charge >= 0.3 is 0 Å². The Kier molecular flexibility index (Phi) is 4.21. The van der Waals surface area contributed by atoms with Crippen LogP contribution in [0.15, 0.2) is 12.1 Å². The molecule has 0 saturated carbocycles. The van der Waals surface area contributed by atoms with Gasteiger partial charge in [0.15, 0.2) is 11.5 Å². The molecule has 4 heteroatoms. The van der Waals surface area contributed by atoms with E-state index in [0.29, 0.717) is 12.1 Å². The minimum atomic E-state index is -0.0149. The Hall–Kier alpha value is -0.740. The number of halogens is 1. The molecule has 0 radical (unpaired) electrons. The maximum Gasteiger partial charge on any atom is 0.157 e. The van der Waals surface area contributed by atoms with Gasteiger partial charge in [0, 0.05) is 12.1 Å². The third-order valence-corrected chi connectivity index (χ3v) is 2.80. The predicted octanol–water partition coefficient (Wildman–Crippen LogP) is 2.14. The molecule has 0 atom stereocenters. The van der Waals surface area contributed by atoms with E-state index in [0.717, 1.165) is 24.0 Å². The van der Waals surface area contributed by atoms with Crippen LogP contribution in [0.25, 0.3) is 0 Å². The number of phenolic OH excluding ortho intramolecular Hbond substituents is 2. The van der Waals surface area contributed by atoms with E-state index in [2.05, 4.69) is 19.2 Å². The number of benzene rings is 1. The molecule has 0 unspecified atom stereocenters. The topological polar surface area (TPSA) is 52.5 Å². The van der Waals surface area contributed by atoms with Crippen LogP contribution in [-0.4, -0.2) is 22.3 Å². The van der Waals surface area contributed by atoms with Gasteiger partial charge in [-0.2, -0.15) is 0 Å². The number of aromatic hydroxyl groups is 2. The Morgan fingerprint density at radius 2 is 1.56 bits per heavy atom. The molecule has 0 spiro atoms. The number of fused-ring (bicyclic) bond motifs is 1. The van der Waals surface area contributed by atoms with Gasteiger partial charge in [0.1, 0.15) is 0 Å². The average molecular weight is 288 g/mol. The Morgan fingerprint density at radius 1 is 1.12 bits per heavy atom. The minimum absolute atomic E-state index is 0. The first-order chi connectivity index (χ1) is 7.06. The quantitative estimate of drug-likeness (QED) is 0.731. The Bertz CT molecular complexity index is 349. The highest BCUT2D eigenvalue weighted by Crippen LogP contribution is 2.33. The average Bonchev–Trinajstić information content (AvgIpc) is 2.46. The van der Waals surface area contributed by atoms with Crippen LogP contribution >= 0.6 is 17.0 Å². The lowest BCUT2D eigenvalue weighted by atomic mass is 10.1. The first kappa shape index (κ1) is 13.3. The van der Waals surface area contributed by atoms with E-state index in [1.165, 1.54) is 0 Å². The fourth-order valence-electron chi connectivity index (χ4n) is 2.24. The van der Waals surface area contributed by atoms with E-state index in [-0.39, 0.29) is 28.5 Å².